The van der Waals surface area contributed by atoms with Gasteiger partial charge in [-0.3, -0.25) is 4.90 Å². The summed E-state index contributed by atoms with van der Waals surface area (Å²) in [4.78, 5) is 1.67. The summed E-state index contributed by atoms with van der Waals surface area (Å²) in [6, 6.07) is -0.176. The van der Waals surface area contributed by atoms with Gasteiger partial charge in [0.05, 0.1) is 0 Å². The zero-order valence-corrected chi connectivity index (χ0v) is 5.63. The fourth-order valence-corrected chi connectivity index (χ4v) is 0.470. The van der Waals surface area contributed by atoms with Crippen LogP contribution in [-0.4, -0.2) is 36.4 Å². The average molecular weight is 118 g/mol. The van der Waals surface area contributed by atoms with Crippen molar-refractivity contribution < 1.29 is 5.11 Å². The standard InChI is InChI=1S/C5H14N2O/c1-4(6)5(8)7(2)3/h4-5,8H,6H2,1-3H3. The van der Waals surface area contributed by atoms with Crippen molar-refractivity contribution in [3.8, 4) is 0 Å². The fourth-order valence-electron chi connectivity index (χ4n) is 0.470. The SMILES string of the molecule is CC(N)C(O)N(C)C. The summed E-state index contributed by atoms with van der Waals surface area (Å²) in [5.41, 5.74) is 5.35. The molecule has 0 aromatic carbocycles. The zero-order chi connectivity index (χ0) is 6.73. The number of nitrogens with zero attached hydrogens (tertiary/aromatic N) is 1. The lowest BCUT2D eigenvalue weighted by Gasteiger charge is -2.21. The molecule has 8 heavy (non-hydrogen) atoms. The molecular weight excluding hydrogens is 104 g/mol. The lowest BCUT2D eigenvalue weighted by atomic mass is 10.3. The van der Waals surface area contributed by atoms with Gasteiger partial charge in [0, 0.05) is 6.04 Å². The highest BCUT2D eigenvalue weighted by Gasteiger charge is 2.09. The van der Waals surface area contributed by atoms with E-state index in [-0.39, 0.29) is 6.04 Å². The molecule has 0 aromatic rings. The van der Waals surface area contributed by atoms with Crippen molar-refractivity contribution in [2.75, 3.05) is 14.1 Å². The highest BCUT2D eigenvalue weighted by atomic mass is 16.3. The van der Waals surface area contributed by atoms with Crippen molar-refractivity contribution in [3.63, 3.8) is 0 Å². The molecule has 0 aromatic heterocycles. The molecule has 0 aliphatic heterocycles. The predicted octanol–water partition coefficient (Wildman–Crippen LogP) is -0.786. The molecule has 0 radical (unpaired) electrons. The van der Waals surface area contributed by atoms with Crippen LogP contribution in [0.3, 0.4) is 0 Å². The largest absolute Gasteiger partial charge is 0.377 e. The molecule has 3 heteroatoms. The van der Waals surface area contributed by atoms with Crippen LogP contribution in [0.5, 0.6) is 0 Å². The van der Waals surface area contributed by atoms with Gasteiger partial charge in [-0.2, -0.15) is 0 Å². The first kappa shape index (κ1) is 7.88. The summed E-state index contributed by atoms with van der Waals surface area (Å²) in [5, 5.41) is 9.00. The van der Waals surface area contributed by atoms with E-state index in [1.165, 1.54) is 0 Å². The molecule has 2 atom stereocenters. The van der Waals surface area contributed by atoms with Crippen LogP contribution < -0.4 is 5.73 Å². The summed E-state index contributed by atoms with van der Waals surface area (Å²) < 4.78 is 0. The molecular formula is C5H14N2O. The van der Waals surface area contributed by atoms with E-state index in [1.54, 1.807) is 25.9 Å². The van der Waals surface area contributed by atoms with Gasteiger partial charge in [-0.15, -0.1) is 0 Å². The second kappa shape index (κ2) is 3.02. The molecule has 0 saturated heterocycles. The molecule has 0 spiro atoms. The van der Waals surface area contributed by atoms with Crippen LogP contribution in [0.4, 0.5) is 0 Å². The van der Waals surface area contributed by atoms with Crippen LogP contribution in [0.2, 0.25) is 0 Å². The minimum atomic E-state index is -0.519. The van der Waals surface area contributed by atoms with Gasteiger partial charge in [0.25, 0.3) is 0 Å². The molecule has 3 nitrogen and oxygen atoms in total. The van der Waals surface area contributed by atoms with Crippen molar-refractivity contribution in [1.29, 1.82) is 0 Å². The Labute approximate surface area is 50.1 Å². The summed E-state index contributed by atoms with van der Waals surface area (Å²) >= 11 is 0. The van der Waals surface area contributed by atoms with E-state index in [0.717, 1.165) is 0 Å². The highest BCUT2D eigenvalue weighted by Crippen LogP contribution is 1.90. The van der Waals surface area contributed by atoms with E-state index >= 15 is 0 Å². The second-order valence-electron chi connectivity index (χ2n) is 2.24. The van der Waals surface area contributed by atoms with Gasteiger partial charge in [-0.25, -0.2) is 0 Å². The van der Waals surface area contributed by atoms with Crippen molar-refractivity contribution in [1.82, 2.24) is 4.90 Å². The maximum absolute atomic E-state index is 9.00. The van der Waals surface area contributed by atoms with Crippen molar-refractivity contribution in [2.24, 2.45) is 5.73 Å². The van der Waals surface area contributed by atoms with Crippen LogP contribution in [0, 0.1) is 0 Å². The van der Waals surface area contributed by atoms with Crippen molar-refractivity contribution in [2.45, 2.75) is 19.2 Å². The predicted molar refractivity (Wildman–Crippen MR) is 33.3 cm³/mol. The molecule has 3 N–H and O–H groups in total. The Morgan fingerprint density at radius 3 is 1.88 bits per heavy atom. The van der Waals surface area contributed by atoms with Gasteiger partial charge in [0.2, 0.25) is 0 Å². The molecule has 0 aliphatic carbocycles. The summed E-state index contributed by atoms with van der Waals surface area (Å²) in [7, 11) is 3.57. The highest BCUT2D eigenvalue weighted by molar-refractivity contribution is 4.61. The maximum Gasteiger partial charge on any atom is 0.121 e. The van der Waals surface area contributed by atoms with E-state index in [2.05, 4.69) is 0 Å². The Balaban J connectivity index is 3.46. The summed E-state index contributed by atoms with van der Waals surface area (Å²) in [6.45, 7) is 1.77. The molecule has 0 bridgehead atoms. The number of aliphatic hydroxyl groups is 1. The molecule has 0 amide bonds. The van der Waals surface area contributed by atoms with Crippen LogP contribution in [0.25, 0.3) is 0 Å². The number of likely N-dealkylation sites (N-methyl/N-ethyl adjacent to an activating group) is 1. The van der Waals surface area contributed by atoms with E-state index < -0.39 is 6.23 Å². The molecule has 50 valence electrons. The molecule has 0 aliphatic rings. The van der Waals surface area contributed by atoms with E-state index in [1.807, 2.05) is 0 Å². The number of hydrogen-bond donors (Lipinski definition) is 2. The minimum absolute atomic E-state index is 0.176. The number of hydrogen-bond acceptors (Lipinski definition) is 3. The molecule has 0 saturated carbocycles. The van der Waals surface area contributed by atoms with Crippen molar-refractivity contribution in [3.05, 3.63) is 0 Å². The molecule has 0 heterocycles. The quantitative estimate of drug-likeness (QED) is 0.467. The second-order valence-corrected chi connectivity index (χ2v) is 2.24. The van der Waals surface area contributed by atoms with Gasteiger partial charge < -0.3 is 10.8 Å². The maximum atomic E-state index is 9.00. The van der Waals surface area contributed by atoms with Gasteiger partial charge in [-0.05, 0) is 21.0 Å². The van der Waals surface area contributed by atoms with Gasteiger partial charge >= 0.3 is 0 Å². The van der Waals surface area contributed by atoms with Crippen LogP contribution in [0.15, 0.2) is 0 Å². The smallest absolute Gasteiger partial charge is 0.121 e. The Morgan fingerprint density at radius 2 is 1.88 bits per heavy atom. The van der Waals surface area contributed by atoms with Gasteiger partial charge in [0.15, 0.2) is 0 Å². The third-order valence-electron chi connectivity index (χ3n) is 0.999. The number of nitrogens with two attached hydrogens (primary N) is 1. The Kier molecular flexibility index (Phi) is 2.97. The first-order valence-corrected chi connectivity index (χ1v) is 2.65. The average Bonchev–Trinajstić information content (AvgIpc) is 1.64. The first-order chi connectivity index (χ1) is 3.55. The third kappa shape index (κ3) is 2.26. The van der Waals surface area contributed by atoms with Gasteiger partial charge in [0.1, 0.15) is 6.23 Å². The topological polar surface area (TPSA) is 49.5 Å². The Hall–Kier alpha value is -0.120. The third-order valence-corrected chi connectivity index (χ3v) is 0.999. The van der Waals surface area contributed by atoms with Crippen LogP contribution >= 0.6 is 0 Å². The van der Waals surface area contributed by atoms with E-state index in [9.17, 15) is 0 Å². The van der Waals surface area contributed by atoms with Crippen LogP contribution in [-0.2, 0) is 0 Å². The van der Waals surface area contributed by atoms with Crippen molar-refractivity contribution >= 4 is 0 Å². The molecule has 0 rings (SSSR count). The Bertz CT molecular complexity index is 55.4. The minimum Gasteiger partial charge on any atom is -0.377 e. The van der Waals surface area contributed by atoms with E-state index in [0.29, 0.717) is 0 Å². The lowest BCUT2D eigenvalue weighted by Crippen LogP contribution is -2.42. The Morgan fingerprint density at radius 1 is 1.50 bits per heavy atom. The fraction of sp³-hybridized carbons (Fsp3) is 1.00. The zero-order valence-electron chi connectivity index (χ0n) is 5.63. The normalized spacial score (nSPS) is 18.8. The van der Waals surface area contributed by atoms with E-state index in [4.69, 9.17) is 10.8 Å². The monoisotopic (exact) mass is 118 g/mol. The summed E-state index contributed by atoms with van der Waals surface area (Å²) in [5.74, 6) is 0. The number of aliphatic hydroxyl groups excluding tert-OH is 1. The number of rotatable bonds is 2. The summed E-state index contributed by atoms with van der Waals surface area (Å²) in [6.07, 6.45) is -0.519. The lowest BCUT2D eigenvalue weighted by molar-refractivity contribution is 0.0234. The first-order valence-electron chi connectivity index (χ1n) is 2.65. The molecule has 2 unspecified atom stereocenters. The van der Waals surface area contributed by atoms with Crippen LogP contribution in [0.1, 0.15) is 6.92 Å². The molecule has 0 fully saturated rings. The van der Waals surface area contributed by atoms with Gasteiger partial charge in [-0.1, -0.05) is 0 Å².